The molecule has 1 rings (SSSR count). The Morgan fingerprint density at radius 2 is 2.18 bits per heavy atom. The van der Waals surface area contributed by atoms with Crippen molar-refractivity contribution in [1.29, 1.82) is 0 Å². The summed E-state index contributed by atoms with van der Waals surface area (Å²) in [6.07, 6.45) is -2.86. The maximum atomic E-state index is 12.8. The molecule has 0 spiro atoms. The SMILES string of the molecule is CCOC(=O)c1c(C)cc(OC)nc1C(F)F. The van der Waals surface area contributed by atoms with Gasteiger partial charge in [0, 0.05) is 6.07 Å². The lowest BCUT2D eigenvalue weighted by Crippen LogP contribution is -2.13. The summed E-state index contributed by atoms with van der Waals surface area (Å²) in [5.41, 5.74) is -0.450. The molecule has 94 valence electrons. The zero-order valence-electron chi connectivity index (χ0n) is 9.79. The molecule has 0 radical (unpaired) electrons. The van der Waals surface area contributed by atoms with E-state index in [4.69, 9.17) is 9.47 Å². The molecule has 0 aromatic carbocycles. The number of alkyl halides is 2. The third kappa shape index (κ3) is 2.89. The van der Waals surface area contributed by atoms with Crippen LogP contribution in [0, 0.1) is 6.92 Å². The molecule has 0 aliphatic heterocycles. The summed E-state index contributed by atoms with van der Waals surface area (Å²) in [6, 6.07) is 1.41. The zero-order chi connectivity index (χ0) is 13.0. The molecule has 6 heteroatoms. The monoisotopic (exact) mass is 245 g/mol. The molecule has 4 nitrogen and oxygen atoms in total. The number of carbonyl (C=O) groups is 1. The lowest BCUT2D eigenvalue weighted by Gasteiger charge is -2.11. The molecule has 0 atom stereocenters. The van der Waals surface area contributed by atoms with Gasteiger partial charge >= 0.3 is 5.97 Å². The molecular weight excluding hydrogens is 232 g/mol. The normalized spacial score (nSPS) is 10.5. The van der Waals surface area contributed by atoms with E-state index in [2.05, 4.69) is 4.98 Å². The molecule has 1 aromatic rings. The van der Waals surface area contributed by atoms with Crippen molar-refractivity contribution in [2.24, 2.45) is 0 Å². The van der Waals surface area contributed by atoms with Crippen LogP contribution >= 0.6 is 0 Å². The molecule has 0 saturated heterocycles. The fourth-order valence-corrected chi connectivity index (χ4v) is 1.40. The van der Waals surface area contributed by atoms with Gasteiger partial charge in [0.15, 0.2) is 0 Å². The molecule has 1 aromatic heterocycles. The first-order valence-electron chi connectivity index (χ1n) is 5.02. The molecular formula is C11H13F2NO3. The molecule has 0 bridgehead atoms. The summed E-state index contributed by atoms with van der Waals surface area (Å²) in [6.45, 7) is 3.25. The number of nitrogens with zero attached hydrogens (tertiary/aromatic N) is 1. The summed E-state index contributed by atoms with van der Waals surface area (Å²) < 4.78 is 35.1. The Morgan fingerprint density at radius 3 is 2.65 bits per heavy atom. The highest BCUT2D eigenvalue weighted by atomic mass is 19.3. The lowest BCUT2D eigenvalue weighted by atomic mass is 10.1. The van der Waals surface area contributed by atoms with E-state index in [1.54, 1.807) is 6.92 Å². The number of aromatic nitrogens is 1. The molecule has 0 aliphatic carbocycles. The predicted octanol–water partition coefficient (Wildman–Crippen LogP) is 2.51. The molecule has 17 heavy (non-hydrogen) atoms. The van der Waals surface area contributed by atoms with Crippen LogP contribution in [0.2, 0.25) is 0 Å². The summed E-state index contributed by atoms with van der Waals surface area (Å²) in [5, 5.41) is 0. The number of esters is 1. The van der Waals surface area contributed by atoms with E-state index in [0.29, 0.717) is 5.56 Å². The smallest absolute Gasteiger partial charge is 0.340 e. The van der Waals surface area contributed by atoms with Crippen LogP contribution in [0.25, 0.3) is 0 Å². The van der Waals surface area contributed by atoms with Crippen molar-refractivity contribution in [1.82, 2.24) is 4.98 Å². The van der Waals surface area contributed by atoms with Gasteiger partial charge in [-0.15, -0.1) is 0 Å². The van der Waals surface area contributed by atoms with Gasteiger partial charge in [-0.1, -0.05) is 0 Å². The number of pyridine rings is 1. The van der Waals surface area contributed by atoms with Crippen molar-refractivity contribution in [2.45, 2.75) is 20.3 Å². The standard InChI is InChI=1S/C11H13F2NO3/c1-4-17-11(15)8-6(2)5-7(16-3)14-9(8)10(12)13/h5,10H,4H2,1-3H3. The second-order valence-corrected chi connectivity index (χ2v) is 3.26. The van der Waals surface area contributed by atoms with Crippen LogP contribution in [0.1, 0.15) is 35.0 Å². The Hall–Kier alpha value is -1.72. The van der Waals surface area contributed by atoms with E-state index >= 15 is 0 Å². The Kier molecular flexibility index (Phi) is 4.37. The minimum Gasteiger partial charge on any atom is -0.481 e. The molecule has 1 heterocycles. The molecule has 0 saturated carbocycles. The van der Waals surface area contributed by atoms with E-state index in [1.165, 1.54) is 20.1 Å². The number of carbonyl (C=O) groups excluding carboxylic acids is 1. The Bertz CT molecular complexity index is 421. The summed E-state index contributed by atoms with van der Waals surface area (Å²) in [5.74, 6) is -0.749. The molecule has 0 unspecified atom stereocenters. The second-order valence-electron chi connectivity index (χ2n) is 3.26. The maximum absolute atomic E-state index is 12.8. The van der Waals surface area contributed by atoms with E-state index in [0.717, 1.165) is 0 Å². The van der Waals surface area contributed by atoms with Gasteiger partial charge in [-0.25, -0.2) is 18.6 Å². The molecule has 0 N–H and O–H groups in total. The van der Waals surface area contributed by atoms with E-state index < -0.39 is 18.1 Å². The van der Waals surface area contributed by atoms with Crippen molar-refractivity contribution in [3.05, 3.63) is 22.9 Å². The van der Waals surface area contributed by atoms with Gasteiger partial charge in [-0.3, -0.25) is 0 Å². The fraction of sp³-hybridized carbons (Fsp3) is 0.455. The maximum Gasteiger partial charge on any atom is 0.340 e. The number of aryl methyl sites for hydroxylation is 1. The predicted molar refractivity (Wildman–Crippen MR) is 56.4 cm³/mol. The van der Waals surface area contributed by atoms with E-state index in [1.807, 2.05) is 0 Å². The van der Waals surface area contributed by atoms with Gasteiger partial charge < -0.3 is 9.47 Å². The Labute approximate surface area is 97.6 Å². The summed E-state index contributed by atoms with van der Waals surface area (Å²) >= 11 is 0. The highest BCUT2D eigenvalue weighted by molar-refractivity contribution is 5.92. The van der Waals surface area contributed by atoms with Crippen LogP contribution < -0.4 is 4.74 Å². The molecule has 0 aliphatic rings. The largest absolute Gasteiger partial charge is 0.481 e. The highest BCUT2D eigenvalue weighted by Crippen LogP contribution is 2.27. The van der Waals surface area contributed by atoms with Crippen LogP contribution in [0.4, 0.5) is 8.78 Å². The van der Waals surface area contributed by atoms with Crippen molar-refractivity contribution >= 4 is 5.97 Å². The minimum atomic E-state index is -2.86. The minimum absolute atomic E-state index is 0.0471. The third-order valence-corrected chi connectivity index (χ3v) is 2.12. The van der Waals surface area contributed by atoms with Gasteiger partial charge in [0.2, 0.25) is 5.88 Å². The number of hydrogen-bond acceptors (Lipinski definition) is 4. The highest BCUT2D eigenvalue weighted by Gasteiger charge is 2.24. The van der Waals surface area contributed by atoms with Crippen molar-refractivity contribution in [3.63, 3.8) is 0 Å². The average molecular weight is 245 g/mol. The molecule has 0 fully saturated rings. The Balaban J connectivity index is 3.31. The number of rotatable bonds is 4. The van der Waals surface area contributed by atoms with Gasteiger partial charge in [-0.05, 0) is 19.4 Å². The third-order valence-electron chi connectivity index (χ3n) is 2.12. The Morgan fingerprint density at radius 1 is 1.53 bits per heavy atom. The van der Waals surface area contributed by atoms with Crippen LogP contribution in [-0.2, 0) is 4.74 Å². The summed E-state index contributed by atoms with van der Waals surface area (Å²) in [7, 11) is 1.32. The second kappa shape index (κ2) is 5.56. The fourth-order valence-electron chi connectivity index (χ4n) is 1.40. The lowest BCUT2D eigenvalue weighted by molar-refractivity contribution is 0.0512. The van der Waals surface area contributed by atoms with Crippen LogP contribution in [0.5, 0.6) is 5.88 Å². The van der Waals surface area contributed by atoms with Crippen molar-refractivity contribution in [2.75, 3.05) is 13.7 Å². The average Bonchev–Trinajstić information content (AvgIpc) is 2.27. The topological polar surface area (TPSA) is 48.4 Å². The van der Waals surface area contributed by atoms with Gasteiger partial charge in [0.1, 0.15) is 5.69 Å². The van der Waals surface area contributed by atoms with E-state index in [9.17, 15) is 13.6 Å². The first-order chi connectivity index (χ1) is 8.01. The van der Waals surface area contributed by atoms with Crippen LogP contribution in [0.3, 0.4) is 0 Å². The van der Waals surface area contributed by atoms with Crippen LogP contribution in [-0.4, -0.2) is 24.7 Å². The number of methoxy groups -OCH3 is 1. The van der Waals surface area contributed by atoms with Crippen molar-refractivity contribution < 1.29 is 23.0 Å². The summed E-state index contributed by atoms with van der Waals surface area (Å²) in [4.78, 5) is 15.1. The quantitative estimate of drug-likeness (QED) is 0.765. The van der Waals surface area contributed by atoms with E-state index in [-0.39, 0.29) is 18.1 Å². The van der Waals surface area contributed by atoms with Gasteiger partial charge in [-0.2, -0.15) is 0 Å². The first kappa shape index (κ1) is 13.3. The van der Waals surface area contributed by atoms with Crippen molar-refractivity contribution in [3.8, 4) is 5.88 Å². The first-order valence-corrected chi connectivity index (χ1v) is 5.02. The number of hydrogen-bond donors (Lipinski definition) is 0. The number of ether oxygens (including phenoxy) is 2. The number of halogens is 2. The van der Waals surface area contributed by atoms with Gasteiger partial charge in [0.05, 0.1) is 19.3 Å². The zero-order valence-corrected chi connectivity index (χ0v) is 9.79. The molecule has 0 amide bonds. The van der Waals surface area contributed by atoms with Crippen LogP contribution in [0.15, 0.2) is 6.07 Å². The van der Waals surface area contributed by atoms with Gasteiger partial charge in [0.25, 0.3) is 6.43 Å².